The number of aromatic nitrogens is 1. The van der Waals surface area contributed by atoms with Gasteiger partial charge in [-0.1, -0.05) is 11.6 Å². The lowest BCUT2D eigenvalue weighted by atomic mass is 10.0. The van der Waals surface area contributed by atoms with Gasteiger partial charge in [-0.05, 0) is 41.6 Å². The number of rotatable bonds is 1. The number of hydrogen-bond donors (Lipinski definition) is 2. The van der Waals surface area contributed by atoms with Gasteiger partial charge in [-0.3, -0.25) is 9.80 Å². The summed E-state index contributed by atoms with van der Waals surface area (Å²) >= 11 is 8.16. The largest absolute Gasteiger partial charge is 0.507 e. The van der Waals surface area contributed by atoms with Crippen molar-refractivity contribution in [3.8, 4) is 5.75 Å². The molecular formula is C14H13ClIN3O2. The molecule has 0 aliphatic carbocycles. The van der Waals surface area contributed by atoms with E-state index in [-0.39, 0.29) is 17.4 Å². The molecule has 0 fully saturated rings. The molecule has 0 bridgehead atoms. The summed E-state index contributed by atoms with van der Waals surface area (Å²) in [4.78, 5) is 15.1. The van der Waals surface area contributed by atoms with E-state index in [0.29, 0.717) is 27.9 Å². The van der Waals surface area contributed by atoms with Crippen LogP contribution in [-0.4, -0.2) is 27.9 Å². The zero-order chi connectivity index (χ0) is 15.3. The molecule has 1 aliphatic rings. The number of aromatic hydroxyl groups is 1. The molecule has 2 N–H and O–H groups in total. The van der Waals surface area contributed by atoms with E-state index >= 15 is 0 Å². The zero-order valence-electron chi connectivity index (χ0n) is 11.4. The molecule has 5 nitrogen and oxygen atoms in total. The number of benzene rings is 1. The van der Waals surface area contributed by atoms with E-state index in [2.05, 4.69) is 32.7 Å². The van der Waals surface area contributed by atoms with Crippen LogP contribution in [0.15, 0.2) is 22.0 Å². The van der Waals surface area contributed by atoms with Crippen molar-refractivity contribution in [2.24, 2.45) is 5.10 Å². The highest BCUT2D eigenvalue weighted by molar-refractivity contribution is 14.1. The van der Waals surface area contributed by atoms with Crippen LogP contribution in [0.3, 0.4) is 0 Å². The van der Waals surface area contributed by atoms with Crippen LogP contribution >= 0.6 is 34.2 Å². The average Bonchev–Trinajstić information content (AvgIpc) is 2.71. The maximum Gasteiger partial charge on any atom is 0.257 e. The Bertz CT molecular complexity index is 831. The SMILES string of the molecule is CC1=NN(C)C(c2c(O)c3cc(I)c(Cl)cc3[nH]c2=O)C1. The summed E-state index contributed by atoms with van der Waals surface area (Å²) in [5.74, 6) is 0.00471. The maximum atomic E-state index is 12.4. The molecule has 0 amide bonds. The number of hydrazone groups is 1. The number of pyridine rings is 1. The first-order valence-electron chi connectivity index (χ1n) is 6.39. The summed E-state index contributed by atoms with van der Waals surface area (Å²) in [6.07, 6.45) is 0.628. The molecular weight excluding hydrogens is 405 g/mol. The minimum atomic E-state index is -0.306. The third-order valence-electron chi connectivity index (χ3n) is 3.67. The molecule has 2 aromatic rings. The van der Waals surface area contributed by atoms with E-state index in [1.165, 1.54) is 0 Å². The van der Waals surface area contributed by atoms with Gasteiger partial charge >= 0.3 is 0 Å². The van der Waals surface area contributed by atoms with Crippen LogP contribution in [-0.2, 0) is 0 Å². The Hall–Kier alpha value is -1.28. The van der Waals surface area contributed by atoms with Gasteiger partial charge in [-0.2, -0.15) is 5.10 Å². The summed E-state index contributed by atoms with van der Waals surface area (Å²) < 4.78 is 0.822. The highest BCUT2D eigenvalue weighted by Gasteiger charge is 2.29. The van der Waals surface area contributed by atoms with Crippen molar-refractivity contribution in [3.63, 3.8) is 0 Å². The fourth-order valence-corrected chi connectivity index (χ4v) is 3.31. The molecule has 1 unspecified atom stereocenters. The van der Waals surface area contributed by atoms with E-state index in [4.69, 9.17) is 11.6 Å². The van der Waals surface area contributed by atoms with E-state index in [0.717, 1.165) is 9.28 Å². The molecule has 0 saturated carbocycles. The molecule has 1 aromatic heterocycles. The summed E-state index contributed by atoms with van der Waals surface area (Å²) in [6.45, 7) is 1.91. The second kappa shape index (κ2) is 5.17. The molecule has 0 spiro atoms. The lowest BCUT2D eigenvalue weighted by Gasteiger charge is -2.20. The van der Waals surface area contributed by atoms with Crippen LogP contribution < -0.4 is 5.56 Å². The van der Waals surface area contributed by atoms with Crippen molar-refractivity contribution in [1.82, 2.24) is 9.99 Å². The zero-order valence-corrected chi connectivity index (χ0v) is 14.4. The quantitative estimate of drug-likeness (QED) is 0.700. The van der Waals surface area contributed by atoms with Crippen molar-refractivity contribution < 1.29 is 5.11 Å². The second-order valence-electron chi connectivity index (χ2n) is 5.16. The fraction of sp³-hybridized carbons (Fsp3) is 0.286. The van der Waals surface area contributed by atoms with Gasteiger partial charge in [0.15, 0.2) is 0 Å². The first-order chi connectivity index (χ1) is 9.88. The molecule has 1 atom stereocenters. The van der Waals surface area contributed by atoms with Crippen LogP contribution in [0.1, 0.15) is 24.9 Å². The number of fused-ring (bicyclic) bond motifs is 1. The molecule has 7 heteroatoms. The van der Waals surface area contributed by atoms with E-state index in [1.54, 1.807) is 24.2 Å². The molecule has 110 valence electrons. The van der Waals surface area contributed by atoms with Gasteiger partial charge in [0.1, 0.15) is 5.75 Å². The third-order valence-corrected chi connectivity index (χ3v) is 5.19. The van der Waals surface area contributed by atoms with E-state index < -0.39 is 0 Å². The molecule has 3 rings (SSSR count). The predicted molar refractivity (Wildman–Crippen MR) is 92.2 cm³/mol. The molecule has 21 heavy (non-hydrogen) atoms. The lowest BCUT2D eigenvalue weighted by Crippen LogP contribution is -2.23. The first-order valence-corrected chi connectivity index (χ1v) is 7.85. The summed E-state index contributed by atoms with van der Waals surface area (Å²) in [5, 5.41) is 17.7. The highest BCUT2D eigenvalue weighted by Crippen LogP contribution is 2.37. The molecule has 1 aliphatic heterocycles. The van der Waals surface area contributed by atoms with Gasteiger partial charge in [0.05, 0.1) is 22.1 Å². The van der Waals surface area contributed by atoms with Gasteiger partial charge in [0.2, 0.25) is 0 Å². The number of nitrogens with zero attached hydrogens (tertiary/aromatic N) is 2. The normalized spacial score (nSPS) is 18.4. The minimum absolute atomic E-state index is 0.00471. The Morgan fingerprint density at radius 2 is 2.24 bits per heavy atom. The van der Waals surface area contributed by atoms with Gasteiger partial charge in [0, 0.05) is 28.1 Å². The van der Waals surface area contributed by atoms with Crippen LogP contribution in [0.2, 0.25) is 5.02 Å². The van der Waals surface area contributed by atoms with E-state index in [1.807, 2.05) is 6.92 Å². The summed E-state index contributed by atoms with van der Waals surface area (Å²) in [7, 11) is 1.80. The van der Waals surface area contributed by atoms with Crippen LogP contribution in [0.4, 0.5) is 0 Å². The van der Waals surface area contributed by atoms with Gasteiger partial charge in [-0.25, -0.2) is 0 Å². The van der Waals surface area contributed by atoms with Gasteiger partial charge in [-0.15, -0.1) is 0 Å². The number of aromatic amines is 1. The average molecular weight is 418 g/mol. The van der Waals surface area contributed by atoms with Gasteiger partial charge in [0.25, 0.3) is 5.56 Å². The standard InChI is InChI=1S/C14H13ClIN3O2/c1-6-3-11(19(2)18-6)12-13(20)7-4-9(16)8(15)5-10(7)17-14(12)21/h4-5,11H,3H2,1-2H3,(H2,17,20,21). The highest BCUT2D eigenvalue weighted by atomic mass is 127. The summed E-state index contributed by atoms with van der Waals surface area (Å²) in [6, 6.07) is 3.19. The van der Waals surface area contributed by atoms with Crippen LogP contribution in [0.5, 0.6) is 5.75 Å². The smallest absolute Gasteiger partial charge is 0.257 e. The molecule has 0 saturated heterocycles. The van der Waals surface area contributed by atoms with Crippen LogP contribution in [0, 0.1) is 3.57 Å². The Balaban J connectivity index is 2.25. The van der Waals surface area contributed by atoms with E-state index in [9.17, 15) is 9.90 Å². The van der Waals surface area contributed by atoms with Gasteiger partial charge < -0.3 is 10.1 Å². The van der Waals surface area contributed by atoms with Crippen molar-refractivity contribution in [3.05, 3.63) is 36.6 Å². The van der Waals surface area contributed by atoms with Crippen LogP contribution in [0.25, 0.3) is 10.9 Å². The Labute approximate surface area is 139 Å². The topological polar surface area (TPSA) is 68.7 Å². The fourth-order valence-electron chi connectivity index (χ4n) is 2.68. The Kier molecular flexibility index (Phi) is 3.61. The predicted octanol–water partition coefficient (Wildman–Crippen LogP) is 3.24. The summed E-state index contributed by atoms with van der Waals surface area (Å²) in [5.41, 5.74) is 1.51. The second-order valence-corrected chi connectivity index (χ2v) is 6.73. The first kappa shape index (κ1) is 14.6. The van der Waals surface area contributed by atoms with Crippen molar-refractivity contribution in [2.75, 3.05) is 7.05 Å². The number of nitrogens with one attached hydrogen (secondary N) is 1. The third kappa shape index (κ3) is 2.40. The lowest BCUT2D eigenvalue weighted by molar-refractivity contribution is 0.281. The minimum Gasteiger partial charge on any atom is -0.507 e. The maximum absolute atomic E-state index is 12.4. The number of halogens is 2. The Morgan fingerprint density at radius 3 is 2.86 bits per heavy atom. The number of H-pyrrole nitrogens is 1. The van der Waals surface area contributed by atoms with Crippen molar-refractivity contribution in [1.29, 1.82) is 0 Å². The number of hydrogen-bond acceptors (Lipinski definition) is 4. The molecule has 0 radical (unpaired) electrons. The van der Waals surface area contributed by atoms with Crippen molar-refractivity contribution >= 4 is 50.8 Å². The molecule has 2 heterocycles. The monoisotopic (exact) mass is 417 g/mol. The molecule has 1 aromatic carbocycles. The Morgan fingerprint density at radius 1 is 1.52 bits per heavy atom. The van der Waals surface area contributed by atoms with Crippen molar-refractivity contribution in [2.45, 2.75) is 19.4 Å².